The second-order valence-corrected chi connectivity index (χ2v) is 6.37. The second-order valence-electron chi connectivity index (χ2n) is 5.34. The molecular formula is C18H21N3O6S. The zero-order valence-electron chi connectivity index (χ0n) is 15.8. The second kappa shape index (κ2) is 11.1. The molecule has 0 radical (unpaired) electrons. The van der Waals surface area contributed by atoms with Crippen molar-refractivity contribution in [3.8, 4) is 11.5 Å². The van der Waals surface area contributed by atoms with Gasteiger partial charge in [-0.25, -0.2) is 4.79 Å². The molecule has 1 amide bonds. The third-order valence-electron chi connectivity index (χ3n) is 3.39. The first-order valence-corrected chi connectivity index (χ1v) is 9.08. The van der Waals surface area contributed by atoms with E-state index in [-0.39, 0.29) is 10.1 Å². The van der Waals surface area contributed by atoms with E-state index in [0.29, 0.717) is 24.7 Å². The predicted molar refractivity (Wildman–Crippen MR) is 106 cm³/mol. The fourth-order valence-corrected chi connectivity index (χ4v) is 2.80. The largest absolute Gasteiger partial charge is 0.493 e. The van der Waals surface area contributed by atoms with E-state index in [2.05, 4.69) is 20.3 Å². The highest BCUT2D eigenvalue weighted by molar-refractivity contribution is 8.18. The highest BCUT2D eigenvalue weighted by Gasteiger charge is 2.24. The van der Waals surface area contributed by atoms with Crippen LogP contribution in [0.1, 0.15) is 12.0 Å². The lowest BCUT2D eigenvalue weighted by Crippen LogP contribution is -2.19. The molecule has 1 N–H and O–H groups in total. The molecule has 0 aromatic heterocycles. The quantitative estimate of drug-likeness (QED) is 0.218. The Labute approximate surface area is 166 Å². The van der Waals surface area contributed by atoms with Crippen molar-refractivity contribution in [2.45, 2.75) is 6.42 Å². The summed E-state index contributed by atoms with van der Waals surface area (Å²) in [6.07, 6.45) is 3.37. The van der Waals surface area contributed by atoms with Gasteiger partial charge in [-0.2, -0.15) is 5.10 Å². The van der Waals surface area contributed by atoms with Crippen LogP contribution in [0.2, 0.25) is 0 Å². The maximum absolute atomic E-state index is 11.8. The van der Waals surface area contributed by atoms with Gasteiger partial charge in [-0.05, 0) is 35.5 Å². The molecule has 9 nitrogen and oxygen atoms in total. The summed E-state index contributed by atoms with van der Waals surface area (Å²) in [5, 5.41) is 10.7. The summed E-state index contributed by atoms with van der Waals surface area (Å²) in [7, 11) is 4.44. The maximum Gasteiger partial charge on any atom is 0.331 e. The van der Waals surface area contributed by atoms with Gasteiger partial charge in [0.1, 0.15) is 0 Å². The minimum absolute atomic E-state index is 0.192. The molecule has 1 aromatic carbocycles. The Hall–Kier alpha value is -2.85. The summed E-state index contributed by atoms with van der Waals surface area (Å²) >= 11 is 1.00. The number of thioether (sulfide) groups is 1. The number of ether oxygens (including phenoxy) is 4. The summed E-state index contributed by atoms with van der Waals surface area (Å²) in [6.45, 7) is 1.10. The van der Waals surface area contributed by atoms with E-state index in [4.69, 9.17) is 14.2 Å². The molecule has 1 aliphatic rings. The summed E-state index contributed by atoms with van der Waals surface area (Å²) in [4.78, 5) is 23.2. The Morgan fingerprint density at radius 2 is 2.04 bits per heavy atom. The number of methoxy groups -OCH3 is 3. The number of carbonyl (C=O) groups is 2. The number of rotatable bonds is 9. The van der Waals surface area contributed by atoms with Crippen LogP contribution in [0.3, 0.4) is 0 Å². The van der Waals surface area contributed by atoms with Gasteiger partial charge in [-0.15, -0.1) is 5.10 Å². The van der Waals surface area contributed by atoms with Crippen LogP contribution in [0, 0.1) is 0 Å². The number of nitrogens with one attached hydrogen (secondary N) is 1. The Kier molecular flexibility index (Phi) is 8.50. The highest BCUT2D eigenvalue weighted by Crippen LogP contribution is 2.28. The first-order valence-electron chi connectivity index (χ1n) is 8.27. The van der Waals surface area contributed by atoms with E-state index >= 15 is 0 Å². The number of carbonyl (C=O) groups excluding carboxylic acids is 2. The number of nitrogens with zero attached hydrogens (tertiary/aromatic N) is 2. The molecule has 1 aliphatic heterocycles. The summed E-state index contributed by atoms with van der Waals surface area (Å²) in [5.41, 5.74) is 0.742. The molecule has 1 heterocycles. The van der Waals surface area contributed by atoms with Gasteiger partial charge in [0, 0.05) is 26.2 Å². The van der Waals surface area contributed by atoms with Crippen LogP contribution in [0.25, 0.3) is 0 Å². The zero-order chi connectivity index (χ0) is 20.4. The SMILES string of the molecule is COCCCOc1cc(C=N/N=C2/NC(=O)/C(=C\C(=O)OC)S2)ccc1OC. The number of hydrogen-bond acceptors (Lipinski definition) is 9. The normalized spacial score (nSPS) is 16.6. The van der Waals surface area contributed by atoms with Crippen LogP contribution < -0.4 is 14.8 Å². The molecule has 150 valence electrons. The van der Waals surface area contributed by atoms with Gasteiger partial charge in [0.25, 0.3) is 5.91 Å². The van der Waals surface area contributed by atoms with Gasteiger partial charge in [0.05, 0.1) is 31.9 Å². The lowest BCUT2D eigenvalue weighted by Gasteiger charge is -2.11. The van der Waals surface area contributed by atoms with Gasteiger partial charge >= 0.3 is 5.97 Å². The number of hydrogen-bond donors (Lipinski definition) is 1. The highest BCUT2D eigenvalue weighted by atomic mass is 32.2. The maximum atomic E-state index is 11.8. The molecular weight excluding hydrogens is 386 g/mol. The third-order valence-corrected chi connectivity index (χ3v) is 4.29. The summed E-state index contributed by atoms with van der Waals surface area (Å²) in [5.74, 6) is 0.151. The van der Waals surface area contributed by atoms with Gasteiger partial charge in [0.15, 0.2) is 16.7 Å². The van der Waals surface area contributed by atoms with E-state index in [9.17, 15) is 9.59 Å². The molecule has 1 fully saturated rings. The van der Waals surface area contributed by atoms with Crippen molar-refractivity contribution in [1.82, 2.24) is 5.32 Å². The molecule has 0 spiro atoms. The van der Waals surface area contributed by atoms with E-state index in [1.807, 2.05) is 0 Å². The van der Waals surface area contributed by atoms with Crippen molar-refractivity contribution in [2.24, 2.45) is 10.2 Å². The van der Waals surface area contributed by atoms with Crippen LogP contribution in [0.4, 0.5) is 0 Å². The molecule has 2 rings (SSSR count). The molecule has 0 atom stereocenters. The lowest BCUT2D eigenvalue weighted by molar-refractivity contribution is -0.135. The summed E-state index contributed by atoms with van der Waals surface area (Å²) < 4.78 is 20.5. The van der Waals surface area contributed by atoms with Crippen LogP contribution in [-0.4, -0.2) is 57.8 Å². The molecule has 1 saturated heterocycles. The predicted octanol–water partition coefficient (Wildman–Crippen LogP) is 1.72. The van der Waals surface area contributed by atoms with Gasteiger partial charge < -0.3 is 18.9 Å². The number of amidine groups is 1. The van der Waals surface area contributed by atoms with Crippen LogP contribution in [0.5, 0.6) is 11.5 Å². The average Bonchev–Trinajstić information content (AvgIpc) is 3.04. The van der Waals surface area contributed by atoms with Gasteiger partial charge in [-0.3, -0.25) is 10.1 Å². The van der Waals surface area contributed by atoms with E-state index < -0.39 is 11.9 Å². The van der Waals surface area contributed by atoms with Crippen LogP contribution in [0.15, 0.2) is 39.4 Å². The molecule has 0 aliphatic carbocycles. The molecule has 1 aromatic rings. The van der Waals surface area contributed by atoms with Gasteiger partial charge in [0.2, 0.25) is 0 Å². The molecule has 0 unspecified atom stereocenters. The topological polar surface area (TPSA) is 108 Å². The first-order chi connectivity index (χ1) is 13.6. The number of esters is 1. The minimum atomic E-state index is -0.612. The number of amides is 1. The van der Waals surface area contributed by atoms with Crippen LogP contribution in [-0.2, 0) is 19.1 Å². The Morgan fingerprint density at radius 3 is 2.75 bits per heavy atom. The molecule has 10 heteroatoms. The Morgan fingerprint density at radius 1 is 1.21 bits per heavy atom. The lowest BCUT2D eigenvalue weighted by atomic mass is 10.2. The third kappa shape index (κ3) is 6.39. The zero-order valence-corrected chi connectivity index (χ0v) is 16.6. The Balaban J connectivity index is 2.03. The molecule has 0 saturated carbocycles. The van der Waals surface area contributed by atoms with E-state index in [1.165, 1.54) is 13.3 Å². The van der Waals surface area contributed by atoms with Crippen molar-refractivity contribution in [2.75, 3.05) is 34.5 Å². The monoisotopic (exact) mass is 407 g/mol. The van der Waals surface area contributed by atoms with Crippen molar-refractivity contribution < 1.29 is 28.5 Å². The summed E-state index contributed by atoms with van der Waals surface area (Å²) in [6, 6.07) is 5.34. The van der Waals surface area contributed by atoms with Crippen molar-refractivity contribution in [1.29, 1.82) is 0 Å². The van der Waals surface area contributed by atoms with E-state index in [0.717, 1.165) is 29.8 Å². The standard InChI is InChI=1S/C18H21N3O6S/c1-24-7-4-8-27-14-9-12(5-6-13(14)25-2)11-19-21-18-20-17(23)15(28-18)10-16(22)26-3/h5-6,9-11H,4,7-8H2,1-3H3,(H,20,21,23)/b15-10+,19-11?. The minimum Gasteiger partial charge on any atom is -0.493 e. The smallest absolute Gasteiger partial charge is 0.331 e. The van der Waals surface area contributed by atoms with Crippen molar-refractivity contribution in [3.05, 3.63) is 34.7 Å². The van der Waals surface area contributed by atoms with Gasteiger partial charge in [-0.1, -0.05) is 0 Å². The van der Waals surface area contributed by atoms with Crippen LogP contribution >= 0.6 is 11.8 Å². The average molecular weight is 407 g/mol. The Bertz CT molecular complexity index is 807. The number of benzene rings is 1. The van der Waals surface area contributed by atoms with E-state index in [1.54, 1.807) is 32.4 Å². The van der Waals surface area contributed by atoms with Crippen molar-refractivity contribution in [3.63, 3.8) is 0 Å². The first kappa shape index (κ1) is 21.5. The fraction of sp³-hybridized carbons (Fsp3) is 0.333. The molecule has 28 heavy (non-hydrogen) atoms. The molecule has 0 bridgehead atoms. The van der Waals surface area contributed by atoms with Crippen molar-refractivity contribution >= 4 is 35.0 Å². The fourth-order valence-electron chi connectivity index (χ4n) is 2.06.